The summed E-state index contributed by atoms with van der Waals surface area (Å²) in [5, 5.41) is 6.40. The SMILES string of the molecule is CCOc1ccc(C(=O)NC(=S)Nc2ccc(N3CCN(C(=O)/C=C/c4ccccc4)CC3)c(Cl)c2)cc1. The maximum absolute atomic E-state index is 12.6. The predicted octanol–water partition coefficient (Wildman–Crippen LogP) is 5.23. The van der Waals surface area contributed by atoms with Crippen molar-refractivity contribution < 1.29 is 14.3 Å². The molecule has 4 rings (SSSR count). The molecule has 0 aromatic heterocycles. The molecule has 0 radical (unpaired) electrons. The van der Waals surface area contributed by atoms with Crippen molar-refractivity contribution in [1.82, 2.24) is 10.2 Å². The van der Waals surface area contributed by atoms with E-state index in [1.807, 2.05) is 60.4 Å². The molecular weight excluding hydrogens is 520 g/mol. The van der Waals surface area contributed by atoms with Crippen LogP contribution in [0.3, 0.4) is 0 Å². The van der Waals surface area contributed by atoms with Crippen LogP contribution < -0.4 is 20.3 Å². The van der Waals surface area contributed by atoms with Gasteiger partial charge in [-0.3, -0.25) is 14.9 Å². The van der Waals surface area contributed by atoms with Crippen molar-refractivity contribution in [1.29, 1.82) is 0 Å². The Kier molecular flexibility index (Phi) is 9.35. The lowest BCUT2D eigenvalue weighted by Gasteiger charge is -2.36. The molecule has 3 aromatic rings. The molecule has 1 aliphatic heterocycles. The average molecular weight is 549 g/mol. The number of carbonyl (C=O) groups excluding carboxylic acids is 2. The smallest absolute Gasteiger partial charge is 0.257 e. The van der Waals surface area contributed by atoms with Crippen molar-refractivity contribution in [3.8, 4) is 5.75 Å². The summed E-state index contributed by atoms with van der Waals surface area (Å²) in [5.41, 5.74) is 3.01. The van der Waals surface area contributed by atoms with Crippen LogP contribution in [0.25, 0.3) is 6.08 Å². The Morgan fingerprint density at radius 1 is 1.00 bits per heavy atom. The minimum atomic E-state index is -0.320. The number of anilines is 2. The van der Waals surface area contributed by atoms with Crippen molar-refractivity contribution in [3.63, 3.8) is 0 Å². The highest BCUT2D eigenvalue weighted by Gasteiger charge is 2.21. The summed E-state index contributed by atoms with van der Waals surface area (Å²) in [4.78, 5) is 29.1. The van der Waals surface area contributed by atoms with Crippen molar-refractivity contribution >= 4 is 58.2 Å². The van der Waals surface area contributed by atoms with Crippen LogP contribution in [0.4, 0.5) is 11.4 Å². The maximum Gasteiger partial charge on any atom is 0.257 e. The number of carbonyl (C=O) groups is 2. The van der Waals surface area contributed by atoms with E-state index < -0.39 is 0 Å². The molecule has 0 aliphatic carbocycles. The molecule has 3 aromatic carbocycles. The highest BCUT2D eigenvalue weighted by Crippen LogP contribution is 2.29. The Bertz CT molecular complexity index is 1310. The number of rotatable bonds is 7. The fraction of sp³-hybridized carbons (Fsp3) is 0.207. The van der Waals surface area contributed by atoms with Gasteiger partial charge in [-0.05, 0) is 73.2 Å². The summed E-state index contributed by atoms with van der Waals surface area (Å²) < 4.78 is 5.40. The minimum Gasteiger partial charge on any atom is -0.494 e. The number of amides is 2. The standard InChI is InChI=1S/C29H29ClN4O3S/c1-2-37-24-12-9-22(10-13-24)28(36)32-29(38)31-23-11-14-26(25(30)20-23)33-16-18-34(19-17-33)27(35)15-8-21-6-4-3-5-7-21/h3-15,20H,2,16-19H2,1H3,(H2,31,32,36,38)/b15-8+. The molecule has 0 bridgehead atoms. The summed E-state index contributed by atoms with van der Waals surface area (Å²) in [6.45, 7) is 5.02. The fourth-order valence-electron chi connectivity index (χ4n) is 4.05. The normalized spacial score (nSPS) is 13.3. The molecule has 2 N–H and O–H groups in total. The number of hydrogen-bond acceptors (Lipinski definition) is 5. The first kappa shape index (κ1) is 27.2. The number of thiocarbonyl (C=S) groups is 1. The van der Waals surface area contributed by atoms with Crippen molar-refractivity contribution in [3.05, 3.63) is 95.0 Å². The lowest BCUT2D eigenvalue weighted by Crippen LogP contribution is -2.48. The van der Waals surface area contributed by atoms with Crippen molar-refractivity contribution in [2.45, 2.75) is 6.92 Å². The number of ether oxygens (including phenoxy) is 1. The van der Waals surface area contributed by atoms with E-state index in [9.17, 15) is 9.59 Å². The topological polar surface area (TPSA) is 73.9 Å². The Morgan fingerprint density at radius 3 is 2.37 bits per heavy atom. The maximum atomic E-state index is 12.6. The molecule has 38 heavy (non-hydrogen) atoms. The number of halogens is 1. The van der Waals surface area contributed by atoms with Gasteiger partial charge in [0.2, 0.25) is 5.91 Å². The second kappa shape index (κ2) is 13.1. The van der Waals surface area contributed by atoms with E-state index in [-0.39, 0.29) is 16.9 Å². The van der Waals surface area contributed by atoms with E-state index in [0.717, 1.165) is 11.3 Å². The Hall–Kier alpha value is -3.88. The Balaban J connectivity index is 1.28. The predicted molar refractivity (Wildman–Crippen MR) is 157 cm³/mol. The van der Waals surface area contributed by atoms with Gasteiger partial charge in [0.05, 0.1) is 17.3 Å². The Labute approximate surface area is 233 Å². The lowest BCUT2D eigenvalue weighted by molar-refractivity contribution is -0.126. The van der Waals surface area contributed by atoms with Gasteiger partial charge in [0, 0.05) is 43.5 Å². The number of nitrogens with one attached hydrogen (secondary N) is 2. The van der Waals surface area contributed by atoms with Crippen LogP contribution in [0.2, 0.25) is 5.02 Å². The quantitative estimate of drug-likeness (QED) is 0.311. The number of piperazine rings is 1. The highest BCUT2D eigenvalue weighted by atomic mass is 35.5. The molecule has 9 heteroatoms. The van der Waals surface area contributed by atoms with E-state index >= 15 is 0 Å². The molecule has 1 aliphatic rings. The van der Waals surface area contributed by atoms with Crippen LogP contribution >= 0.6 is 23.8 Å². The largest absolute Gasteiger partial charge is 0.494 e. The molecule has 196 valence electrons. The van der Waals surface area contributed by atoms with Gasteiger partial charge < -0.3 is 19.9 Å². The first-order valence-electron chi connectivity index (χ1n) is 12.3. The van der Waals surface area contributed by atoms with Crippen LogP contribution in [0, 0.1) is 0 Å². The van der Waals surface area contributed by atoms with Crippen molar-refractivity contribution in [2.75, 3.05) is 43.0 Å². The molecule has 0 saturated carbocycles. The van der Waals surface area contributed by atoms with E-state index in [1.54, 1.807) is 36.4 Å². The van der Waals surface area contributed by atoms with Crippen LogP contribution in [0.5, 0.6) is 5.75 Å². The van der Waals surface area contributed by atoms with Gasteiger partial charge in [-0.1, -0.05) is 41.9 Å². The van der Waals surface area contributed by atoms with E-state index in [2.05, 4.69) is 15.5 Å². The van der Waals surface area contributed by atoms with Gasteiger partial charge in [0.15, 0.2) is 5.11 Å². The van der Waals surface area contributed by atoms with Gasteiger partial charge in [-0.2, -0.15) is 0 Å². The van der Waals surface area contributed by atoms with Crippen LogP contribution in [-0.4, -0.2) is 54.6 Å². The lowest BCUT2D eigenvalue weighted by atomic mass is 10.2. The molecule has 1 saturated heterocycles. The molecule has 7 nitrogen and oxygen atoms in total. The van der Waals surface area contributed by atoms with Crippen LogP contribution in [0.15, 0.2) is 78.9 Å². The van der Waals surface area contributed by atoms with Gasteiger partial charge in [-0.25, -0.2) is 0 Å². The van der Waals surface area contributed by atoms with Crippen LogP contribution in [-0.2, 0) is 4.79 Å². The van der Waals surface area contributed by atoms with Crippen molar-refractivity contribution in [2.24, 2.45) is 0 Å². The Morgan fingerprint density at radius 2 is 1.71 bits per heavy atom. The summed E-state index contributed by atoms with van der Waals surface area (Å²) in [5.74, 6) is 0.381. The van der Waals surface area contributed by atoms with Gasteiger partial charge in [0.1, 0.15) is 5.75 Å². The zero-order valence-corrected chi connectivity index (χ0v) is 22.6. The zero-order valence-electron chi connectivity index (χ0n) is 21.0. The first-order valence-corrected chi connectivity index (χ1v) is 13.1. The van der Waals surface area contributed by atoms with Gasteiger partial charge in [-0.15, -0.1) is 0 Å². The molecular formula is C29H29ClN4O3S. The third kappa shape index (κ3) is 7.34. The number of nitrogens with zero attached hydrogens (tertiary/aromatic N) is 2. The summed E-state index contributed by atoms with van der Waals surface area (Å²) >= 11 is 11.9. The number of benzene rings is 3. The highest BCUT2D eigenvalue weighted by molar-refractivity contribution is 7.80. The first-order chi connectivity index (χ1) is 18.4. The molecule has 0 atom stereocenters. The summed E-state index contributed by atoms with van der Waals surface area (Å²) in [6.07, 6.45) is 3.46. The van der Waals surface area contributed by atoms with Gasteiger partial charge >= 0.3 is 0 Å². The van der Waals surface area contributed by atoms with E-state index in [4.69, 9.17) is 28.6 Å². The molecule has 1 fully saturated rings. The monoisotopic (exact) mass is 548 g/mol. The molecule has 0 unspecified atom stereocenters. The minimum absolute atomic E-state index is 0.0000524. The molecule has 1 heterocycles. The third-order valence-electron chi connectivity index (χ3n) is 6.01. The summed E-state index contributed by atoms with van der Waals surface area (Å²) in [6, 6.07) is 22.1. The van der Waals surface area contributed by atoms with Crippen LogP contribution in [0.1, 0.15) is 22.8 Å². The zero-order chi connectivity index (χ0) is 26.9. The second-order valence-electron chi connectivity index (χ2n) is 8.59. The fourth-order valence-corrected chi connectivity index (χ4v) is 4.56. The van der Waals surface area contributed by atoms with E-state index in [0.29, 0.717) is 54.8 Å². The average Bonchev–Trinajstić information content (AvgIpc) is 2.93. The molecule has 2 amide bonds. The number of hydrogen-bond donors (Lipinski definition) is 2. The second-order valence-corrected chi connectivity index (χ2v) is 9.40. The van der Waals surface area contributed by atoms with Gasteiger partial charge in [0.25, 0.3) is 5.91 Å². The summed E-state index contributed by atoms with van der Waals surface area (Å²) in [7, 11) is 0. The van der Waals surface area contributed by atoms with E-state index in [1.165, 1.54) is 0 Å². The third-order valence-corrected chi connectivity index (χ3v) is 6.52. The molecule has 0 spiro atoms.